The van der Waals surface area contributed by atoms with E-state index in [0.717, 1.165) is 25.7 Å². The van der Waals surface area contributed by atoms with Crippen LogP contribution in [0, 0.1) is 13.8 Å². The highest BCUT2D eigenvalue weighted by molar-refractivity contribution is 7.89. The van der Waals surface area contributed by atoms with E-state index in [-0.39, 0.29) is 17.5 Å². The lowest BCUT2D eigenvalue weighted by Crippen LogP contribution is -2.39. The lowest BCUT2D eigenvalue weighted by molar-refractivity contribution is 0.275. The van der Waals surface area contributed by atoms with Gasteiger partial charge in [0.05, 0.1) is 6.61 Å². The average Bonchev–Trinajstić information content (AvgIpc) is 2.97. The zero-order valence-corrected chi connectivity index (χ0v) is 13.2. The Labute approximate surface area is 120 Å². The van der Waals surface area contributed by atoms with Crippen molar-refractivity contribution in [3.63, 3.8) is 0 Å². The zero-order valence-electron chi connectivity index (χ0n) is 12.3. The molecule has 1 saturated carbocycles. The number of rotatable bonds is 5. The second-order valence-corrected chi connectivity index (χ2v) is 7.15. The van der Waals surface area contributed by atoms with Gasteiger partial charge in [0.2, 0.25) is 10.0 Å². The second kappa shape index (κ2) is 5.87. The Morgan fingerprint density at radius 2 is 1.85 bits per heavy atom. The summed E-state index contributed by atoms with van der Waals surface area (Å²) in [5, 5.41) is 9.45. The Bertz CT molecular complexity index is 570. The molecule has 0 atom stereocenters. The van der Waals surface area contributed by atoms with E-state index in [1.807, 2.05) is 6.92 Å². The Kier molecular flexibility index (Phi) is 4.56. The average molecular weight is 301 g/mol. The normalized spacial score (nSPS) is 17.2. The van der Waals surface area contributed by atoms with Gasteiger partial charge in [-0.05, 0) is 26.7 Å². The first-order valence-electron chi connectivity index (χ1n) is 7.15. The number of hydrogen-bond acceptors (Lipinski definition) is 4. The molecule has 0 amide bonds. The van der Waals surface area contributed by atoms with Gasteiger partial charge in [0, 0.05) is 18.2 Å². The maximum atomic E-state index is 12.9. The summed E-state index contributed by atoms with van der Waals surface area (Å²) >= 11 is 0. The van der Waals surface area contributed by atoms with Crippen LogP contribution in [0.25, 0.3) is 0 Å². The predicted molar refractivity (Wildman–Crippen MR) is 75.9 cm³/mol. The third-order valence-corrected chi connectivity index (χ3v) is 6.32. The third kappa shape index (κ3) is 2.52. The fourth-order valence-corrected chi connectivity index (χ4v) is 5.27. The molecule has 2 rings (SSSR count). The van der Waals surface area contributed by atoms with Gasteiger partial charge >= 0.3 is 0 Å². The van der Waals surface area contributed by atoms with E-state index in [1.54, 1.807) is 18.2 Å². The Morgan fingerprint density at radius 1 is 1.25 bits per heavy atom. The molecular weight excluding hydrogens is 278 g/mol. The Hall–Kier alpha value is -0.850. The molecule has 0 radical (unpaired) electrons. The summed E-state index contributed by atoms with van der Waals surface area (Å²) < 4.78 is 32.8. The number of aliphatic hydroxyl groups excluding tert-OH is 1. The molecule has 0 aliphatic heterocycles. The molecule has 0 aromatic carbocycles. The van der Waals surface area contributed by atoms with Crippen molar-refractivity contribution in [3.8, 4) is 0 Å². The van der Waals surface area contributed by atoms with Crippen LogP contribution in [0.2, 0.25) is 0 Å². The minimum absolute atomic E-state index is 0.0751. The van der Waals surface area contributed by atoms with Crippen LogP contribution in [0.5, 0.6) is 0 Å². The molecule has 1 heterocycles. The molecule has 1 N–H and O–H groups in total. The van der Waals surface area contributed by atoms with Gasteiger partial charge in [0.1, 0.15) is 16.4 Å². The summed E-state index contributed by atoms with van der Waals surface area (Å²) in [5.74, 6) is 0.842. The zero-order chi connectivity index (χ0) is 14.9. The van der Waals surface area contributed by atoms with Gasteiger partial charge in [-0.2, -0.15) is 4.31 Å². The van der Waals surface area contributed by atoms with Gasteiger partial charge in [-0.3, -0.25) is 0 Å². The molecule has 1 aliphatic carbocycles. The van der Waals surface area contributed by atoms with Gasteiger partial charge in [0.25, 0.3) is 0 Å². The summed E-state index contributed by atoms with van der Waals surface area (Å²) in [6.45, 7) is 5.31. The Balaban J connectivity index is 2.48. The molecule has 5 nitrogen and oxygen atoms in total. The lowest BCUT2D eigenvalue weighted by Gasteiger charge is -2.26. The minimum Gasteiger partial charge on any atom is -0.465 e. The number of aryl methyl sites for hydroxylation is 2. The van der Waals surface area contributed by atoms with E-state index < -0.39 is 10.0 Å². The molecule has 1 aliphatic rings. The summed E-state index contributed by atoms with van der Waals surface area (Å²) in [4.78, 5) is 0.159. The van der Waals surface area contributed by atoms with Gasteiger partial charge in [-0.1, -0.05) is 19.8 Å². The standard InChI is InChI=1S/C14H23NO4S/c1-4-15(12-7-5-6-8-12)20(17,18)14-11(3)19-10(2)13(14)9-16/h12,16H,4-9H2,1-3H3. The van der Waals surface area contributed by atoms with E-state index in [2.05, 4.69) is 0 Å². The highest BCUT2D eigenvalue weighted by Crippen LogP contribution is 2.33. The van der Waals surface area contributed by atoms with Crippen LogP contribution in [-0.4, -0.2) is 30.4 Å². The molecule has 114 valence electrons. The first-order chi connectivity index (χ1) is 9.43. The van der Waals surface area contributed by atoms with Crippen molar-refractivity contribution in [3.05, 3.63) is 17.1 Å². The summed E-state index contributed by atoms with van der Waals surface area (Å²) in [5.41, 5.74) is 0.388. The second-order valence-electron chi connectivity index (χ2n) is 5.33. The number of sulfonamides is 1. The van der Waals surface area contributed by atoms with Crippen molar-refractivity contribution in [1.82, 2.24) is 4.31 Å². The Morgan fingerprint density at radius 3 is 2.35 bits per heavy atom. The van der Waals surface area contributed by atoms with Crippen LogP contribution in [0.4, 0.5) is 0 Å². The minimum atomic E-state index is -3.61. The van der Waals surface area contributed by atoms with Crippen LogP contribution in [0.3, 0.4) is 0 Å². The maximum absolute atomic E-state index is 12.9. The molecule has 1 aromatic rings. The van der Waals surface area contributed by atoms with Crippen LogP contribution in [-0.2, 0) is 16.6 Å². The molecule has 1 aromatic heterocycles. The van der Waals surface area contributed by atoms with Crippen LogP contribution < -0.4 is 0 Å². The molecule has 0 unspecified atom stereocenters. The summed E-state index contributed by atoms with van der Waals surface area (Å²) in [6, 6.07) is 0.0751. The first-order valence-corrected chi connectivity index (χ1v) is 8.59. The van der Waals surface area contributed by atoms with E-state index in [9.17, 15) is 13.5 Å². The van der Waals surface area contributed by atoms with Crippen molar-refractivity contribution in [2.24, 2.45) is 0 Å². The SMILES string of the molecule is CCN(C1CCCC1)S(=O)(=O)c1c(C)oc(C)c1CO. The maximum Gasteiger partial charge on any atom is 0.247 e. The molecule has 0 spiro atoms. The van der Waals surface area contributed by atoms with Crippen molar-refractivity contribution in [2.75, 3.05) is 6.54 Å². The van der Waals surface area contributed by atoms with Crippen molar-refractivity contribution in [1.29, 1.82) is 0 Å². The fraction of sp³-hybridized carbons (Fsp3) is 0.714. The summed E-state index contributed by atoms with van der Waals surface area (Å²) in [7, 11) is -3.61. The van der Waals surface area contributed by atoms with Gasteiger partial charge < -0.3 is 9.52 Å². The van der Waals surface area contributed by atoms with Crippen LogP contribution in [0.15, 0.2) is 9.31 Å². The largest absolute Gasteiger partial charge is 0.465 e. The quantitative estimate of drug-likeness (QED) is 0.906. The molecular formula is C14H23NO4S. The first kappa shape index (κ1) is 15.5. The van der Waals surface area contributed by atoms with E-state index >= 15 is 0 Å². The monoisotopic (exact) mass is 301 g/mol. The van der Waals surface area contributed by atoms with Crippen molar-refractivity contribution >= 4 is 10.0 Å². The van der Waals surface area contributed by atoms with E-state index in [1.165, 1.54) is 0 Å². The molecule has 0 bridgehead atoms. The number of hydrogen-bond donors (Lipinski definition) is 1. The van der Waals surface area contributed by atoms with E-state index in [4.69, 9.17) is 4.42 Å². The van der Waals surface area contributed by atoms with Gasteiger partial charge in [-0.25, -0.2) is 8.42 Å². The highest BCUT2D eigenvalue weighted by atomic mass is 32.2. The molecule has 20 heavy (non-hydrogen) atoms. The van der Waals surface area contributed by atoms with Gasteiger partial charge in [-0.15, -0.1) is 0 Å². The number of nitrogens with zero attached hydrogens (tertiary/aromatic N) is 1. The smallest absolute Gasteiger partial charge is 0.247 e. The lowest BCUT2D eigenvalue weighted by atomic mass is 10.2. The fourth-order valence-electron chi connectivity index (χ4n) is 3.16. The van der Waals surface area contributed by atoms with Crippen molar-refractivity contribution in [2.45, 2.75) is 64.0 Å². The topological polar surface area (TPSA) is 70.8 Å². The highest BCUT2D eigenvalue weighted by Gasteiger charge is 2.36. The third-order valence-electron chi connectivity index (χ3n) is 4.09. The molecule has 1 fully saturated rings. The van der Waals surface area contributed by atoms with E-state index in [0.29, 0.717) is 23.6 Å². The number of aliphatic hydroxyl groups is 1. The van der Waals surface area contributed by atoms with Crippen LogP contribution >= 0.6 is 0 Å². The van der Waals surface area contributed by atoms with Crippen molar-refractivity contribution < 1.29 is 17.9 Å². The number of furan rings is 1. The molecule has 0 saturated heterocycles. The summed E-state index contributed by atoms with van der Waals surface area (Å²) in [6.07, 6.45) is 3.98. The van der Waals surface area contributed by atoms with Crippen LogP contribution in [0.1, 0.15) is 49.7 Å². The predicted octanol–water partition coefficient (Wildman–Crippen LogP) is 2.34. The van der Waals surface area contributed by atoms with Gasteiger partial charge in [0.15, 0.2) is 0 Å². The molecule has 6 heteroatoms.